The zero-order valence-corrected chi connectivity index (χ0v) is 11.1. The Kier molecular flexibility index (Phi) is 7.90. The first-order chi connectivity index (χ1) is 7.56. The van der Waals surface area contributed by atoms with Gasteiger partial charge in [-0.05, 0) is 32.9 Å². The Hall–Kier alpha value is -0.830. The number of carbonyl (C=O) groups is 1. The summed E-state index contributed by atoms with van der Waals surface area (Å²) >= 11 is 0. The standard InChI is InChI=1S/C13H25NO2/c1-6-9-10-11(4)13(15)16-12(5)14(7-2)8-3/h12H,4,6-10H2,1-3,5H3. The van der Waals surface area contributed by atoms with Crippen LogP contribution in [0.1, 0.15) is 47.0 Å². The van der Waals surface area contributed by atoms with Gasteiger partial charge in [0.05, 0.1) is 0 Å². The van der Waals surface area contributed by atoms with Gasteiger partial charge in [-0.3, -0.25) is 4.90 Å². The van der Waals surface area contributed by atoms with Crippen molar-refractivity contribution in [3.05, 3.63) is 12.2 Å². The highest BCUT2D eigenvalue weighted by atomic mass is 16.6. The van der Waals surface area contributed by atoms with Crippen molar-refractivity contribution in [3.8, 4) is 0 Å². The fourth-order valence-corrected chi connectivity index (χ4v) is 1.54. The molecule has 0 aromatic heterocycles. The van der Waals surface area contributed by atoms with Gasteiger partial charge >= 0.3 is 5.97 Å². The predicted octanol–water partition coefficient (Wildman–Crippen LogP) is 2.96. The molecule has 0 amide bonds. The van der Waals surface area contributed by atoms with Crippen LogP contribution in [0.3, 0.4) is 0 Å². The Bertz CT molecular complexity index is 222. The van der Waals surface area contributed by atoms with Crippen LogP contribution in [0.4, 0.5) is 0 Å². The van der Waals surface area contributed by atoms with Crippen LogP contribution in [0, 0.1) is 0 Å². The number of carbonyl (C=O) groups excluding carboxylic acids is 1. The molecule has 0 rings (SSSR count). The third-order valence-electron chi connectivity index (χ3n) is 2.72. The predicted molar refractivity (Wildman–Crippen MR) is 67.1 cm³/mol. The Morgan fingerprint density at radius 3 is 2.31 bits per heavy atom. The minimum Gasteiger partial charge on any atom is -0.443 e. The van der Waals surface area contributed by atoms with E-state index in [9.17, 15) is 4.79 Å². The van der Waals surface area contributed by atoms with Gasteiger partial charge in [-0.25, -0.2) is 4.79 Å². The summed E-state index contributed by atoms with van der Waals surface area (Å²) in [7, 11) is 0. The smallest absolute Gasteiger partial charge is 0.334 e. The summed E-state index contributed by atoms with van der Waals surface area (Å²) in [4.78, 5) is 13.7. The van der Waals surface area contributed by atoms with Crippen molar-refractivity contribution in [2.24, 2.45) is 0 Å². The first-order valence-electron chi connectivity index (χ1n) is 6.19. The zero-order chi connectivity index (χ0) is 12.6. The third kappa shape index (κ3) is 5.31. The summed E-state index contributed by atoms with van der Waals surface area (Å²) in [6.45, 7) is 13.6. The van der Waals surface area contributed by atoms with Gasteiger partial charge in [-0.15, -0.1) is 0 Å². The van der Waals surface area contributed by atoms with E-state index in [1.165, 1.54) is 0 Å². The average Bonchev–Trinajstić information content (AvgIpc) is 2.27. The van der Waals surface area contributed by atoms with Gasteiger partial charge in [0.1, 0.15) is 0 Å². The molecule has 0 aromatic rings. The monoisotopic (exact) mass is 227 g/mol. The minimum absolute atomic E-state index is 0.166. The van der Waals surface area contributed by atoms with Crippen molar-refractivity contribution < 1.29 is 9.53 Å². The van der Waals surface area contributed by atoms with Gasteiger partial charge in [0.2, 0.25) is 0 Å². The molecule has 0 aromatic carbocycles. The molecule has 3 heteroatoms. The van der Waals surface area contributed by atoms with Gasteiger partial charge in [-0.1, -0.05) is 33.8 Å². The normalized spacial score (nSPS) is 12.6. The van der Waals surface area contributed by atoms with Crippen LogP contribution >= 0.6 is 0 Å². The maximum absolute atomic E-state index is 11.6. The molecular formula is C13H25NO2. The molecule has 0 saturated heterocycles. The van der Waals surface area contributed by atoms with E-state index in [1.54, 1.807) is 0 Å². The summed E-state index contributed by atoms with van der Waals surface area (Å²) in [5.74, 6) is -0.257. The van der Waals surface area contributed by atoms with Gasteiger partial charge in [-0.2, -0.15) is 0 Å². The van der Waals surface area contributed by atoms with Crippen molar-refractivity contribution in [3.63, 3.8) is 0 Å². The van der Waals surface area contributed by atoms with Crippen molar-refractivity contribution >= 4 is 5.97 Å². The first kappa shape index (κ1) is 15.2. The van der Waals surface area contributed by atoms with Crippen LogP contribution in [-0.2, 0) is 9.53 Å². The maximum atomic E-state index is 11.6. The molecule has 0 heterocycles. The van der Waals surface area contributed by atoms with Crippen LogP contribution in [0.15, 0.2) is 12.2 Å². The topological polar surface area (TPSA) is 29.5 Å². The number of hydrogen-bond donors (Lipinski definition) is 0. The lowest BCUT2D eigenvalue weighted by atomic mass is 10.1. The highest BCUT2D eigenvalue weighted by molar-refractivity contribution is 5.87. The number of nitrogens with zero attached hydrogens (tertiary/aromatic N) is 1. The summed E-state index contributed by atoms with van der Waals surface area (Å²) in [6, 6.07) is 0. The van der Waals surface area contributed by atoms with E-state index in [-0.39, 0.29) is 12.2 Å². The van der Waals surface area contributed by atoms with Crippen molar-refractivity contribution in [1.29, 1.82) is 0 Å². The van der Waals surface area contributed by atoms with Crippen LogP contribution < -0.4 is 0 Å². The lowest BCUT2D eigenvalue weighted by molar-refractivity contribution is -0.152. The second-order valence-electron chi connectivity index (χ2n) is 3.93. The van der Waals surface area contributed by atoms with E-state index < -0.39 is 0 Å². The molecule has 0 N–H and O–H groups in total. The molecule has 0 radical (unpaired) electrons. The molecule has 0 aliphatic rings. The molecule has 0 saturated carbocycles. The second-order valence-corrected chi connectivity index (χ2v) is 3.93. The van der Waals surface area contributed by atoms with E-state index >= 15 is 0 Å². The molecule has 1 unspecified atom stereocenters. The quantitative estimate of drug-likeness (QED) is 0.363. The minimum atomic E-state index is -0.257. The Morgan fingerprint density at radius 1 is 1.31 bits per heavy atom. The summed E-state index contributed by atoms with van der Waals surface area (Å²) in [6.07, 6.45) is 2.63. The van der Waals surface area contributed by atoms with Gasteiger partial charge in [0.25, 0.3) is 0 Å². The van der Waals surface area contributed by atoms with Gasteiger partial charge in [0, 0.05) is 5.57 Å². The largest absolute Gasteiger partial charge is 0.443 e. The number of ether oxygens (including phenoxy) is 1. The van der Waals surface area contributed by atoms with E-state index in [1.807, 2.05) is 6.92 Å². The Balaban J connectivity index is 4.07. The first-order valence-corrected chi connectivity index (χ1v) is 6.19. The van der Waals surface area contributed by atoms with Crippen molar-refractivity contribution in [1.82, 2.24) is 4.90 Å². The fourth-order valence-electron chi connectivity index (χ4n) is 1.54. The fraction of sp³-hybridized carbons (Fsp3) is 0.769. The zero-order valence-electron chi connectivity index (χ0n) is 11.1. The molecule has 94 valence electrons. The van der Waals surface area contributed by atoms with E-state index in [0.717, 1.165) is 32.4 Å². The molecule has 1 atom stereocenters. The molecule has 0 aliphatic heterocycles. The van der Waals surface area contributed by atoms with E-state index in [0.29, 0.717) is 5.57 Å². The van der Waals surface area contributed by atoms with Crippen LogP contribution in [0.25, 0.3) is 0 Å². The summed E-state index contributed by atoms with van der Waals surface area (Å²) < 4.78 is 5.34. The third-order valence-corrected chi connectivity index (χ3v) is 2.72. The summed E-state index contributed by atoms with van der Waals surface area (Å²) in [5.41, 5.74) is 0.584. The van der Waals surface area contributed by atoms with Crippen LogP contribution in [0.5, 0.6) is 0 Å². The number of esters is 1. The van der Waals surface area contributed by atoms with Crippen molar-refractivity contribution in [2.75, 3.05) is 13.1 Å². The molecule has 0 fully saturated rings. The lowest BCUT2D eigenvalue weighted by Gasteiger charge is -2.26. The Morgan fingerprint density at radius 2 is 1.88 bits per heavy atom. The number of rotatable bonds is 8. The van der Waals surface area contributed by atoms with Gasteiger partial charge in [0.15, 0.2) is 6.23 Å². The van der Waals surface area contributed by atoms with Crippen LogP contribution in [-0.4, -0.2) is 30.2 Å². The Labute approximate surface area is 99.5 Å². The molecule has 16 heavy (non-hydrogen) atoms. The average molecular weight is 227 g/mol. The highest BCUT2D eigenvalue weighted by Crippen LogP contribution is 2.09. The van der Waals surface area contributed by atoms with E-state index in [2.05, 4.69) is 32.3 Å². The SMILES string of the molecule is C=C(CCCC)C(=O)OC(C)N(CC)CC. The highest BCUT2D eigenvalue weighted by Gasteiger charge is 2.16. The molecule has 0 bridgehead atoms. The van der Waals surface area contributed by atoms with Crippen molar-refractivity contribution in [2.45, 2.75) is 53.2 Å². The van der Waals surface area contributed by atoms with Gasteiger partial charge < -0.3 is 4.74 Å². The second kappa shape index (κ2) is 8.34. The summed E-state index contributed by atoms with van der Waals surface area (Å²) in [5, 5.41) is 0. The number of unbranched alkanes of at least 4 members (excludes halogenated alkanes) is 1. The maximum Gasteiger partial charge on any atom is 0.334 e. The number of hydrogen-bond acceptors (Lipinski definition) is 3. The van der Waals surface area contributed by atoms with E-state index in [4.69, 9.17) is 4.74 Å². The van der Waals surface area contributed by atoms with Crippen LogP contribution in [0.2, 0.25) is 0 Å². The molecule has 0 spiro atoms. The molecule has 3 nitrogen and oxygen atoms in total. The molecule has 0 aliphatic carbocycles. The lowest BCUT2D eigenvalue weighted by Crippen LogP contribution is -2.36. The molecular weight excluding hydrogens is 202 g/mol.